The Morgan fingerprint density at radius 1 is 1.40 bits per heavy atom. The molecule has 0 aliphatic heterocycles. The summed E-state index contributed by atoms with van der Waals surface area (Å²) in [6.45, 7) is 3.46. The van der Waals surface area contributed by atoms with Crippen LogP contribution in [0.15, 0.2) is 11.6 Å². The van der Waals surface area contributed by atoms with Crippen LogP contribution in [0.25, 0.3) is 0 Å². The highest BCUT2D eigenvalue weighted by molar-refractivity contribution is 5.11. The highest BCUT2D eigenvalue weighted by Crippen LogP contribution is 2.19. The summed E-state index contributed by atoms with van der Waals surface area (Å²) in [7, 11) is 0. The highest BCUT2D eigenvalue weighted by atomic mass is 16.5. The van der Waals surface area contributed by atoms with Gasteiger partial charge in [0.1, 0.15) is 0 Å². The third-order valence-corrected chi connectivity index (χ3v) is 2.96. The molecule has 0 fully saturated rings. The molecule has 1 unspecified atom stereocenters. The number of hydrogen-bond donors (Lipinski definition) is 2. The molecule has 15 heavy (non-hydrogen) atoms. The second-order valence-electron chi connectivity index (χ2n) is 4.11. The molecule has 88 valence electrons. The lowest BCUT2D eigenvalue weighted by molar-refractivity contribution is 0.130. The topological polar surface area (TPSA) is 47.3 Å². The molecule has 0 aromatic rings. The van der Waals surface area contributed by atoms with E-state index in [1.165, 1.54) is 44.1 Å². The summed E-state index contributed by atoms with van der Waals surface area (Å²) in [6.07, 6.45) is 10.0. The minimum Gasteiger partial charge on any atom is -0.380 e. The van der Waals surface area contributed by atoms with Gasteiger partial charge in [-0.25, -0.2) is 0 Å². The average Bonchev–Trinajstić information content (AvgIpc) is 2.21. The van der Waals surface area contributed by atoms with E-state index < -0.39 is 0 Å². The van der Waals surface area contributed by atoms with E-state index in [0.717, 1.165) is 6.61 Å². The molecule has 0 aromatic carbocycles. The monoisotopic (exact) mass is 212 g/mol. The van der Waals surface area contributed by atoms with Crippen molar-refractivity contribution in [1.82, 2.24) is 5.43 Å². The third-order valence-electron chi connectivity index (χ3n) is 2.96. The van der Waals surface area contributed by atoms with E-state index in [1.807, 2.05) is 6.92 Å². The summed E-state index contributed by atoms with van der Waals surface area (Å²) in [4.78, 5) is 0. The number of hydrogen-bond acceptors (Lipinski definition) is 3. The molecule has 0 saturated heterocycles. The normalized spacial score (nSPS) is 20.3. The summed E-state index contributed by atoms with van der Waals surface area (Å²) in [6, 6.07) is 0.211. The molecule has 1 atom stereocenters. The van der Waals surface area contributed by atoms with E-state index in [0.29, 0.717) is 6.61 Å². The lowest BCUT2D eigenvalue weighted by Crippen LogP contribution is -2.40. The number of allylic oxidation sites excluding steroid dienone is 1. The first-order valence-corrected chi connectivity index (χ1v) is 6.11. The Labute approximate surface area is 93.0 Å². The molecule has 0 aromatic heterocycles. The largest absolute Gasteiger partial charge is 0.380 e. The van der Waals surface area contributed by atoms with Crippen molar-refractivity contribution in [2.24, 2.45) is 5.84 Å². The van der Waals surface area contributed by atoms with Gasteiger partial charge in [-0.2, -0.15) is 0 Å². The van der Waals surface area contributed by atoms with E-state index in [2.05, 4.69) is 11.5 Å². The predicted octanol–water partition coefficient (Wildman–Crippen LogP) is 2.14. The first-order chi connectivity index (χ1) is 7.38. The molecule has 3 heteroatoms. The Balaban J connectivity index is 2.47. The minimum atomic E-state index is 0.211. The maximum atomic E-state index is 5.56. The van der Waals surface area contributed by atoms with E-state index in [-0.39, 0.29) is 6.04 Å². The fourth-order valence-electron chi connectivity index (χ4n) is 2.03. The molecule has 1 rings (SSSR count). The molecule has 0 amide bonds. The Morgan fingerprint density at radius 3 is 2.93 bits per heavy atom. The maximum Gasteiger partial charge on any atom is 0.0671 e. The van der Waals surface area contributed by atoms with E-state index in [4.69, 9.17) is 10.6 Å². The molecular weight excluding hydrogens is 188 g/mol. The SMILES string of the molecule is CCOCC(NN)C1=CCCCCCC1. The van der Waals surface area contributed by atoms with Crippen LogP contribution in [-0.2, 0) is 4.74 Å². The molecule has 0 heterocycles. The Hall–Kier alpha value is -0.380. The Morgan fingerprint density at radius 2 is 2.20 bits per heavy atom. The van der Waals surface area contributed by atoms with Crippen LogP contribution in [-0.4, -0.2) is 19.3 Å². The van der Waals surface area contributed by atoms with Gasteiger partial charge in [0.25, 0.3) is 0 Å². The number of nitrogens with two attached hydrogens (primary N) is 1. The van der Waals surface area contributed by atoms with E-state index in [1.54, 1.807) is 0 Å². The lowest BCUT2D eigenvalue weighted by Gasteiger charge is -2.21. The van der Waals surface area contributed by atoms with Crippen LogP contribution >= 0.6 is 0 Å². The highest BCUT2D eigenvalue weighted by Gasteiger charge is 2.13. The molecule has 3 N–H and O–H groups in total. The van der Waals surface area contributed by atoms with E-state index in [9.17, 15) is 0 Å². The summed E-state index contributed by atoms with van der Waals surface area (Å²) in [5.41, 5.74) is 4.30. The van der Waals surface area contributed by atoms with Crippen LogP contribution in [0, 0.1) is 0 Å². The van der Waals surface area contributed by atoms with Crippen molar-refractivity contribution >= 4 is 0 Å². The standard InChI is InChI=1S/C12H24N2O/c1-2-15-10-12(14-13)11-8-6-4-3-5-7-9-11/h8,12,14H,2-7,9-10,13H2,1H3. The van der Waals surface area contributed by atoms with Crippen LogP contribution in [0.1, 0.15) is 45.4 Å². The van der Waals surface area contributed by atoms with Crippen molar-refractivity contribution in [2.45, 2.75) is 51.5 Å². The summed E-state index contributed by atoms with van der Waals surface area (Å²) in [5.74, 6) is 5.56. The number of hydrazine groups is 1. The molecular formula is C12H24N2O. The van der Waals surface area contributed by atoms with Crippen LogP contribution in [0.5, 0.6) is 0 Å². The molecule has 1 aliphatic carbocycles. The summed E-state index contributed by atoms with van der Waals surface area (Å²) < 4.78 is 5.43. The van der Waals surface area contributed by atoms with Gasteiger partial charge in [0.05, 0.1) is 12.6 Å². The average molecular weight is 212 g/mol. The molecule has 1 aliphatic rings. The zero-order valence-corrected chi connectivity index (χ0v) is 9.80. The minimum absolute atomic E-state index is 0.211. The van der Waals surface area contributed by atoms with Crippen molar-refractivity contribution in [3.05, 3.63) is 11.6 Å². The second-order valence-corrected chi connectivity index (χ2v) is 4.11. The van der Waals surface area contributed by atoms with E-state index >= 15 is 0 Å². The molecule has 0 spiro atoms. The van der Waals surface area contributed by atoms with Crippen molar-refractivity contribution in [2.75, 3.05) is 13.2 Å². The molecule has 0 bridgehead atoms. The van der Waals surface area contributed by atoms with Crippen LogP contribution in [0.3, 0.4) is 0 Å². The van der Waals surface area contributed by atoms with Gasteiger partial charge >= 0.3 is 0 Å². The van der Waals surface area contributed by atoms with Gasteiger partial charge in [0, 0.05) is 6.61 Å². The van der Waals surface area contributed by atoms with Gasteiger partial charge in [0.15, 0.2) is 0 Å². The first kappa shape index (κ1) is 12.7. The summed E-state index contributed by atoms with van der Waals surface area (Å²) in [5, 5.41) is 0. The van der Waals surface area contributed by atoms with Gasteiger partial charge < -0.3 is 4.74 Å². The molecule has 3 nitrogen and oxygen atoms in total. The summed E-state index contributed by atoms with van der Waals surface area (Å²) >= 11 is 0. The number of rotatable bonds is 5. The zero-order chi connectivity index (χ0) is 10.9. The maximum absolute atomic E-state index is 5.56. The van der Waals surface area contributed by atoms with Crippen LogP contribution < -0.4 is 11.3 Å². The van der Waals surface area contributed by atoms with Crippen LogP contribution in [0.4, 0.5) is 0 Å². The van der Waals surface area contributed by atoms with Crippen molar-refractivity contribution in [1.29, 1.82) is 0 Å². The lowest BCUT2D eigenvalue weighted by atomic mass is 9.95. The third kappa shape index (κ3) is 4.78. The second kappa shape index (κ2) is 7.85. The fourth-order valence-corrected chi connectivity index (χ4v) is 2.03. The number of ether oxygens (including phenoxy) is 1. The Bertz CT molecular complexity index is 192. The quantitative estimate of drug-likeness (QED) is 0.417. The van der Waals surface area contributed by atoms with Gasteiger partial charge in [-0.05, 0) is 32.6 Å². The first-order valence-electron chi connectivity index (χ1n) is 6.11. The zero-order valence-electron chi connectivity index (χ0n) is 9.80. The van der Waals surface area contributed by atoms with Crippen molar-refractivity contribution < 1.29 is 4.74 Å². The van der Waals surface area contributed by atoms with Gasteiger partial charge in [-0.3, -0.25) is 11.3 Å². The molecule has 0 radical (unpaired) electrons. The van der Waals surface area contributed by atoms with Crippen molar-refractivity contribution in [3.63, 3.8) is 0 Å². The van der Waals surface area contributed by atoms with Gasteiger partial charge in [-0.15, -0.1) is 0 Å². The van der Waals surface area contributed by atoms with Crippen molar-refractivity contribution in [3.8, 4) is 0 Å². The smallest absolute Gasteiger partial charge is 0.0671 e. The molecule has 0 saturated carbocycles. The van der Waals surface area contributed by atoms with Gasteiger partial charge in [-0.1, -0.05) is 24.5 Å². The number of nitrogens with one attached hydrogen (secondary N) is 1. The predicted molar refractivity (Wildman–Crippen MR) is 63.4 cm³/mol. The Kier molecular flexibility index (Phi) is 6.64. The fraction of sp³-hybridized carbons (Fsp3) is 0.833. The van der Waals surface area contributed by atoms with Gasteiger partial charge in [0.2, 0.25) is 0 Å². The van der Waals surface area contributed by atoms with Crippen LogP contribution in [0.2, 0.25) is 0 Å².